The molecule has 0 radical (unpaired) electrons. The summed E-state index contributed by atoms with van der Waals surface area (Å²) in [6.07, 6.45) is 2.07. The minimum atomic E-state index is -0.621. The van der Waals surface area contributed by atoms with Gasteiger partial charge in [0.1, 0.15) is 12.5 Å². The van der Waals surface area contributed by atoms with Crippen molar-refractivity contribution in [3.63, 3.8) is 0 Å². The minimum absolute atomic E-state index is 0.0419. The lowest BCUT2D eigenvalue weighted by atomic mass is 10.0. The first-order valence-corrected chi connectivity index (χ1v) is 16.6. The Morgan fingerprint density at radius 1 is 0.896 bits per heavy atom. The number of nitrogens with zero attached hydrogens (tertiary/aromatic N) is 6. The van der Waals surface area contributed by atoms with Crippen molar-refractivity contribution in [1.82, 2.24) is 29.4 Å². The van der Waals surface area contributed by atoms with Crippen LogP contribution in [0.25, 0.3) is 10.8 Å². The normalized spacial score (nSPS) is 14.9. The average molecular weight is 671 g/mol. The maximum absolute atomic E-state index is 15.1. The molecular weight excluding hydrogens is 631 g/mol. The number of amides is 3. The number of halogens is 1. The van der Waals surface area contributed by atoms with Crippen LogP contribution in [0.3, 0.4) is 0 Å². The molecule has 1 aromatic heterocycles. The molecule has 1 aliphatic heterocycles. The molecule has 3 aromatic carbocycles. The number of thiol groups is 1. The number of likely N-dealkylation sites (N-methyl/N-ethyl adjacent to an activating group) is 1. The fraction of sp³-hybridized carbons (Fsp3) is 0.361. The van der Waals surface area contributed by atoms with Crippen LogP contribution in [0.4, 0.5) is 4.39 Å². The Hall–Kier alpha value is -4.55. The highest BCUT2D eigenvalue weighted by molar-refractivity contribution is 7.80. The minimum Gasteiger partial charge on any atom is -0.339 e. The second kappa shape index (κ2) is 14.3. The zero-order valence-electron chi connectivity index (χ0n) is 27.1. The van der Waals surface area contributed by atoms with Crippen LogP contribution in [0.2, 0.25) is 0 Å². The second-order valence-corrected chi connectivity index (χ2v) is 13.3. The number of aromatic nitrogens is 2. The molecule has 10 nitrogen and oxygen atoms in total. The molecule has 2 heterocycles. The number of hydrogen-bond acceptors (Lipinski definition) is 7. The van der Waals surface area contributed by atoms with Crippen LogP contribution >= 0.6 is 12.6 Å². The number of benzene rings is 3. The summed E-state index contributed by atoms with van der Waals surface area (Å²) in [7, 11) is 3.82. The number of piperazine rings is 1. The van der Waals surface area contributed by atoms with E-state index in [9.17, 15) is 19.2 Å². The zero-order chi connectivity index (χ0) is 33.9. The van der Waals surface area contributed by atoms with Gasteiger partial charge in [0.05, 0.1) is 16.6 Å². The predicted molar refractivity (Wildman–Crippen MR) is 184 cm³/mol. The van der Waals surface area contributed by atoms with Gasteiger partial charge in [0, 0.05) is 67.5 Å². The topological polar surface area (TPSA) is 99.1 Å². The second-order valence-electron chi connectivity index (χ2n) is 12.7. The lowest BCUT2D eigenvalue weighted by molar-refractivity contribution is -0.134. The maximum Gasteiger partial charge on any atom is 0.276 e. The van der Waals surface area contributed by atoms with Gasteiger partial charge in [-0.15, -0.1) is 12.6 Å². The van der Waals surface area contributed by atoms with Crippen molar-refractivity contribution in [3.8, 4) is 0 Å². The molecule has 0 atom stereocenters. The molecule has 0 spiro atoms. The Labute approximate surface area is 284 Å². The summed E-state index contributed by atoms with van der Waals surface area (Å²) >= 11 is 4.33. The molecule has 250 valence electrons. The van der Waals surface area contributed by atoms with Crippen molar-refractivity contribution in [2.75, 3.05) is 53.4 Å². The lowest BCUT2D eigenvalue weighted by Gasteiger charge is -2.35. The van der Waals surface area contributed by atoms with E-state index in [0.717, 1.165) is 17.7 Å². The van der Waals surface area contributed by atoms with Gasteiger partial charge in [0.2, 0.25) is 5.91 Å². The highest BCUT2D eigenvalue weighted by Gasteiger charge is 2.35. The molecule has 0 unspecified atom stereocenters. The first-order chi connectivity index (χ1) is 23.1. The van der Waals surface area contributed by atoms with Crippen LogP contribution in [-0.4, -0.2) is 100 Å². The van der Waals surface area contributed by atoms with Crippen molar-refractivity contribution < 1.29 is 18.8 Å². The van der Waals surface area contributed by atoms with Crippen LogP contribution in [0, 0.1) is 11.7 Å². The van der Waals surface area contributed by atoms with E-state index < -0.39 is 11.7 Å². The Morgan fingerprint density at radius 3 is 2.23 bits per heavy atom. The van der Waals surface area contributed by atoms with E-state index in [2.05, 4.69) is 12.6 Å². The summed E-state index contributed by atoms with van der Waals surface area (Å²) in [5.74, 6) is -1.02. The third-order valence-electron chi connectivity index (χ3n) is 8.91. The number of rotatable bonds is 10. The molecule has 1 saturated heterocycles. The largest absolute Gasteiger partial charge is 0.339 e. The van der Waals surface area contributed by atoms with Crippen molar-refractivity contribution in [2.45, 2.75) is 30.8 Å². The summed E-state index contributed by atoms with van der Waals surface area (Å²) in [6, 6.07) is 18.5. The summed E-state index contributed by atoms with van der Waals surface area (Å²) in [5, 5.41) is 5.83. The molecule has 3 amide bonds. The molecule has 0 N–H and O–H groups in total. The Bertz CT molecular complexity index is 1900. The summed E-state index contributed by atoms with van der Waals surface area (Å²) in [4.78, 5) is 60.9. The average Bonchev–Trinajstić information content (AvgIpc) is 3.95. The van der Waals surface area contributed by atoms with Crippen molar-refractivity contribution in [3.05, 3.63) is 105 Å². The summed E-state index contributed by atoms with van der Waals surface area (Å²) in [6.45, 7) is 2.43. The van der Waals surface area contributed by atoms with Gasteiger partial charge in [0.25, 0.3) is 17.4 Å². The fourth-order valence-electron chi connectivity index (χ4n) is 5.97. The smallest absolute Gasteiger partial charge is 0.276 e. The molecule has 2 fully saturated rings. The van der Waals surface area contributed by atoms with E-state index in [1.54, 1.807) is 63.2 Å². The number of carbonyl (C=O) groups is 3. The molecule has 6 rings (SSSR count). The van der Waals surface area contributed by atoms with Crippen molar-refractivity contribution in [2.24, 2.45) is 5.92 Å². The Morgan fingerprint density at radius 2 is 1.56 bits per heavy atom. The summed E-state index contributed by atoms with van der Waals surface area (Å²) in [5.41, 5.74) is 1.30. The van der Waals surface area contributed by atoms with Gasteiger partial charge in [-0.1, -0.05) is 24.3 Å². The molecule has 2 aliphatic rings. The first-order valence-electron chi connectivity index (χ1n) is 16.2. The van der Waals surface area contributed by atoms with Crippen LogP contribution in [0.5, 0.6) is 0 Å². The van der Waals surface area contributed by atoms with Gasteiger partial charge in [-0.3, -0.25) is 19.2 Å². The molecule has 1 aliphatic carbocycles. The SMILES string of the molecule is CN(C)CCN(Cn1nc(Cc2ccc(F)c(C(=O)N3CCN(C(=O)C4CC4)CC3)c2)c2ccccc2c1=O)C(=O)c1ccc(S)cc1. The van der Waals surface area contributed by atoms with Crippen LogP contribution < -0.4 is 5.56 Å². The third kappa shape index (κ3) is 7.44. The molecule has 1 saturated carbocycles. The van der Waals surface area contributed by atoms with Crippen LogP contribution in [0.1, 0.15) is 44.8 Å². The van der Waals surface area contributed by atoms with Crippen molar-refractivity contribution in [1.29, 1.82) is 0 Å². The molecular formula is C36H39FN6O4S. The summed E-state index contributed by atoms with van der Waals surface area (Å²) < 4.78 is 16.4. The first kappa shape index (κ1) is 33.4. The molecule has 4 aromatic rings. The quantitative estimate of drug-likeness (QED) is 0.258. The highest BCUT2D eigenvalue weighted by atomic mass is 32.1. The van der Waals surface area contributed by atoms with E-state index in [-0.39, 0.29) is 41.9 Å². The van der Waals surface area contributed by atoms with Crippen molar-refractivity contribution >= 4 is 41.1 Å². The Balaban J connectivity index is 1.27. The van der Waals surface area contributed by atoms with E-state index in [1.807, 2.05) is 31.1 Å². The molecule has 48 heavy (non-hydrogen) atoms. The van der Waals surface area contributed by atoms with E-state index in [4.69, 9.17) is 5.10 Å². The lowest BCUT2D eigenvalue weighted by Crippen LogP contribution is -2.51. The van der Waals surface area contributed by atoms with Gasteiger partial charge < -0.3 is 19.6 Å². The fourth-order valence-corrected chi connectivity index (χ4v) is 6.11. The van der Waals surface area contributed by atoms with Gasteiger partial charge >= 0.3 is 0 Å². The van der Waals surface area contributed by atoms with Crippen LogP contribution in [-0.2, 0) is 17.9 Å². The number of carbonyl (C=O) groups excluding carboxylic acids is 3. The van der Waals surface area contributed by atoms with Gasteiger partial charge in [-0.25, -0.2) is 9.07 Å². The van der Waals surface area contributed by atoms with E-state index >= 15 is 4.39 Å². The van der Waals surface area contributed by atoms with E-state index in [0.29, 0.717) is 66.9 Å². The molecule has 0 bridgehead atoms. The number of hydrogen-bond donors (Lipinski definition) is 1. The maximum atomic E-state index is 15.1. The highest BCUT2D eigenvalue weighted by Crippen LogP contribution is 2.31. The predicted octanol–water partition coefficient (Wildman–Crippen LogP) is 3.77. The zero-order valence-corrected chi connectivity index (χ0v) is 28.0. The van der Waals surface area contributed by atoms with Gasteiger partial charge in [0.15, 0.2) is 0 Å². The van der Waals surface area contributed by atoms with Crippen LogP contribution in [0.15, 0.2) is 76.4 Å². The van der Waals surface area contributed by atoms with Gasteiger partial charge in [-0.05, 0) is 75.0 Å². The monoisotopic (exact) mass is 670 g/mol. The van der Waals surface area contributed by atoms with E-state index in [1.165, 1.54) is 10.7 Å². The standard InChI is InChI=1S/C36H39FN6O4S/c1-39(2)15-16-42(34(45)26-10-12-27(48)13-11-26)23-43-36(47)29-6-4-3-5-28(29)32(38-43)22-24-7-14-31(37)30(21-24)35(46)41-19-17-40(18-20-41)33(44)25-8-9-25/h3-7,10-14,21,25,48H,8-9,15-20,22-23H2,1-2H3. The third-order valence-corrected chi connectivity index (χ3v) is 9.20. The Kier molecular flexibility index (Phi) is 9.93. The number of fused-ring (bicyclic) bond motifs is 1. The van der Waals surface area contributed by atoms with Gasteiger partial charge in [-0.2, -0.15) is 5.10 Å². The molecule has 12 heteroatoms.